The number of ether oxygens (including phenoxy) is 1. The molecule has 0 bridgehead atoms. The lowest BCUT2D eigenvalue weighted by molar-refractivity contribution is -0.137. The smallest absolute Gasteiger partial charge is 0.370 e. The summed E-state index contributed by atoms with van der Waals surface area (Å²) in [7, 11) is -0.995. The molecule has 0 amide bonds. The molecule has 2 atom stereocenters. The van der Waals surface area contributed by atoms with E-state index in [-0.39, 0.29) is 28.7 Å². The second-order valence-electron chi connectivity index (χ2n) is 7.83. The van der Waals surface area contributed by atoms with E-state index >= 15 is 0 Å². The van der Waals surface area contributed by atoms with Crippen molar-refractivity contribution in [2.24, 2.45) is 4.99 Å². The van der Waals surface area contributed by atoms with E-state index < -0.39 is 28.6 Å². The zero-order chi connectivity index (χ0) is 21.7. The summed E-state index contributed by atoms with van der Waals surface area (Å²) in [6.45, 7) is 10.2. The molecule has 1 N–H and O–H groups in total. The van der Waals surface area contributed by atoms with Crippen molar-refractivity contribution in [3.8, 4) is 0 Å². The van der Waals surface area contributed by atoms with Crippen LogP contribution >= 0.6 is 24.0 Å². The van der Waals surface area contributed by atoms with Gasteiger partial charge in [-0.05, 0) is 45.4 Å². The summed E-state index contributed by atoms with van der Waals surface area (Å²) in [5, 5.41) is 3.21. The van der Waals surface area contributed by atoms with Crippen LogP contribution in [-0.4, -0.2) is 58.4 Å². The number of aliphatic imine (C=N–C) groups is 1. The van der Waals surface area contributed by atoms with Crippen molar-refractivity contribution in [3.63, 3.8) is 0 Å². The van der Waals surface area contributed by atoms with Crippen LogP contribution in [-0.2, 0) is 21.7 Å². The molecule has 2 unspecified atom stereocenters. The fraction of sp³-hybridized carbons (Fsp3) is 0.650. The Balaban J connectivity index is 0.00000450. The van der Waals surface area contributed by atoms with Gasteiger partial charge in [0.25, 0.3) is 0 Å². The average molecular weight is 561 g/mol. The largest absolute Gasteiger partial charge is 0.416 e. The number of hydrogen-bond donors (Lipinski definition) is 1. The maximum absolute atomic E-state index is 13.0. The molecule has 2 rings (SSSR count). The Labute approximate surface area is 196 Å². The van der Waals surface area contributed by atoms with Gasteiger partial charge in [-0.3, -0.25) is 9.20 Å². The highest BCUT2D eigenvalue weighted by atomic mass is 127. The number of halogens is 4. The summed E-state index contributed by atoms with van der Waals surface area (Å²) in [4.78, 5) is 6.56. The summed E-state index contributed by atoms with van der Waals surface area (Å²) >= 11 is 0. The van der Waals surface area contributed by atoms with Gasteiger partial charge in [0.15, 0.2) is 5.96 Å². The molecule has 1 aliphatic rings. The molecule has 1 aliphatic heterocycles. The van der Waals surface area contributed by atoms with Crippen molar-refractivity contribution in [1.29, 1.82) is 0 Å². The van der Waals surface area contributed by atoms with Crippen molar-refractivity contribution in [2.75, 3.05) is 38.5 Å². The molecule has 0 spiro atoms. The SMILES string of the molecule is CCNC(=NCCS(=O)C(C)(C)C)N1CCOC(c2cccc(C(F)(F)F)c2)C1.I. The Morgan fingerprint density at radius 2 is 2.03 bits per heavy atom. The topological polar surface area (TPSA) is 53.9 Å². The maximum Gasteiger partial charge on any atom is 0.416 e. The number of nitrogens with one attached hydrogen (secondary N) is 1. The first-order valence-corrected chi connectivity index (χ1v) is 11.0. The molecule has 172 valence electrons. The molecule has 0 aromatic heterocycles. The van der Waals surface area contributed by atoms with Gasteiger partial charge >= 0.3 is 6.18 Å². The van der Waals surface area contributed by atoms with Crippen molar-refractivity contribution >= 4 is 40.7 Å². The highest BCUT2D eigenvalue weighted by Crippen LogP contribution is 2.32. The summed E-state index contributed by atoms with van der Waals surface area (Å²) < 4.78 is 56.7. The van der Waals surface area contributed by atoms with E-state index in [1.54, 1.807) is 6.07 Å². The number of benzene rings is 1. The van der Waals surface area contributed by atoms with Gasteiger partial charge in [0.1, 0.15) is 6.10 Å². The van der Waals surface area contributed by atoms with E-state index in [9.17, 15) is 17.4 Å². The van der Waals surface area contributed by atoms with E-state index in [4.69, 9.17) is 4.74 Å². The molecule has 1 aromatic carbocycles. The van der Waals surface area contributed by atoms with Gasteiger partial charge in [-0.25, -0.2) is 0 Å². The third-order valence-electron chi connectivity index (χ3n) is 4.51. The average Bonchev–Trinajstić information content (AvgIpc) is 2.66. The highest BCUT2D eigenvalue weighted by Gasteiger charge is 2.32. The molecule has 1 aromatic rings. The molecule has 5 nitrogen and oxygen atoms in total. The van der Waals surface area contributed by atoms with Gasteiger partial charge in [0.05, 0.1) is 25.3 Å². The van der Waals surface area contributed by atoms with Crippen LogP contribution in [0.2, 0.25) is 0 Å². The minimum Gasteiger partial charge on any atom is -0.370 e. The van der Waals surface area contributed by atoms with Crippen molar-refractivity contribution in [2.45, 2.75) is 44.7 Å². The summed E-state index contributed by atoms with van der Waals surface area (Å²) in [5.41, 5.74) is -0.185. The molecular formula is C20H31F3IN3O2S. The number of alkyl halides is 3. The third kappa shape index (κ3) is 7.99. The lowest BCUT2D eigenvalue weighted by atomic mass is 10.0. The van der Waals surface area contributed by atoms with Crippen LogP contribution in [0.5, 0.6) is 0 Å². The van der Waals surface area contributed by atoms with Gasteiger partial charge in [-0.15, -0.1) is 24.0 Å². The summed E-state index contributed by atoms with van der Waals surface area (Å²) in [5.74, 6) is 1.12. The fourth-order valence-corrected chi connectivity index (χ4v) is 3.79. The number of nitrogens with zero attached hydrogens (tertiary/aromatic N) is 2. The van der Waals surface area contributed by atoms with Gasteiger partial charge in [0, 0.05) is 34.4 Å². The molecule has 1 heterocycles. The zero-order valence-corrected chi connectivity index (χ0v) is 20.9. The number of hydrogen-bond acceptors (Lipinski definition) is 3. The van der Waals surface area contributed by atoms with Crippen LogP contribution in [0.1, 0.15) is 44.9 Å². The van der Waals surface area contributed by atoms with Crippen molar-refractivity contribution in [3.05, 3.63) is 35.4 Å². The normalized spacial score (nSPS) is 19.2. The molecule has 0 saturated carbocycles. The molecule has 1 saturated heterocycles. The van der Waals surface area contributed by atoms with Crippen LogP contribution in [0.25, 0.3) is 0 Å². The van der Waals surface area contributed by atoms with E-state index in [1.165, 1.54) is 6.07 Å². The maximum atomic E-state index is 13.0. The minimum atomic E-state index is -4.39. The van der Waals surface area contributed by atoms with Crippen LogP contribution in [0.15, 0.2) is 29.3 Å². The van der Waals surface area contributed by atoms with E-state index in [0.717, 1.165) is 12.1 Å². The van der Waals surface area contributed by atoms with Crippen LogP contribution in [0.3, 0.4) is 0 Å². The van der Waals surface area contributed by atoms with Crippen LogP contribution in [0.4, 0.5) is 13.2 Å². The van der Waals surface area contributed by atoms with Crippen molar-refractivity contribution < 1.29 is 22.1 Å². The van der Waals surface area contributed by atoms with Gasteiger partial charge in [0.2, 0.25) is 0 Å². The highest BCUT2D eigenvalue weighted by molar-refractivity contribution is 14.0. The zero-order valence-electron chi connectivity index (χ0n) is 17.8. The van der Waals surface area contributed by atoms with Gasteiger partial charge in [-0.2, -0.15) is 13.2 Å². The number of guanidine groups is 1. The Bertz CT molecular complexity index is 739. The molecular weight excluding hydrogens is 530 g/mol. The second kappa shape index (κ2) is 11.7. The van der Waals surface area contributed by atoms with Crippen LogP contribution < -0.4 is 5.32 Å². The predicted molar refractivity (Wildman–Crippen MR) is 126 cm³/mol. The minimum absolute atomic E-state index is 0. The van der Waals surface area contributed by atoms with E-state index in [2.05, 4.69) is 10.3 Å². The molecule has 0 radical (unpaired) electrons. The first-order valence-electron chi connectivity index (χ1n) is 9.73. The lowest BCUT2D eigenvalue weighted by Gasteiger charge is -2.35. The van der Waals surface area contributed by atoms with E-state index in [0.29, 0.717) is 50.1 Å². The molecule has 0 aliphatic carbocycles. The molecule has 1 fully saturated rings. The second-order valence-corrected chi connectivity index (χ2v) is 10.2. The fourth-order valence-electron chi connectivity index (χ4n) is 2.93. The van der Waals surface area contributed by atoms with Gasteiger partial charge < -0.3 is 15.0 Å². The standard InChI is InChI=1S/C20H30F3N3O2S.HI/c1-5-24-18(25-9-12-29(27)19(2,3)4)26-10-11-28-17(14-26)15-7-6-8-16(13-15)20(21,22)23;/h6-8,13,17H,5,9-12,14H2,1-4H3,(H,24,25);1H. The van der Waals surface area contributed by atoms with E-state index in [1.807, 2.05) is 32.6 Å². The Morgan fingerprint density at radius 1 is 1.33 bits per heavy atom. The Morgan fingerprint density at radius 3 is 2.63 bits per heavy atom. The summed E-state index contributed by atoms with van der Waals surface area (Å²) in [6.07, 6.45) is -4.86. The number of morpholine rings is 1. The summed E-state index contributed by atoms with van der Waals surface area (Å²) in [6, 6.07) is 5.26. The van der Waals surface area contributed by atoms with Gasteiger partial charge in [-0.1, -0.05) is 12.1 Å². The quantitative estimate of drug-likeness (QED) is 0.333. The van der Waals surface area contributed by atoms with Crippen molar-refractivity contribution in [1.82, 2.24) is 10.2 Å². The Hall–Kier alpha value is -0.880. The monoisotopic (exact) mass is 561 g/mol. The number of rotatable bonds is 5. The Kier molecular flexibility index (Phi) is 10.6. The predicted octanol–water partition coefficient (Wildman–Crippen LogP) is 4.21. The lowest BCUT2D eigenvalue weighted by Crippen LogP contribution is -2.48. The van der Waals surface area contributed by atoms with Crippen LogP contribution in [0, 0.1) is 0 Å². The third-order valence-corrected chi connectivity index (χ3v) is 6.43. The molecule has 10 heteroatoms. The first-order chi connectivity index (χ1) is 13.5. The first kappa shape index (κ1) is 27.2. The molecule has 30 heavy (non-hydrogen) atoms.